The first-order valence-corrected chi connectivity index (χ1v) is 6.47. The second-order valence-corrected chi connectivity index (χ2v) is 5.32. The Hall–Kier alpha value is -0.860. The average molecular weight is 233 g/mol. The van der Waals surface area contributed by atoms with E-state index >= 15 is 0 Å². The molecule has 1 aliphatic heterocycles. The van der Waals surface area contributed by atoms with Gasteiger partial charge in [0, 0.05) is 18.5 Å². The maximum absolute atomic E-state index is 5.98. The molecular weight excluding hydrogens is 210 g/mol. The summed E-state index contributed by atoms with van der Waals surface area (Å²) in [7, 11) is 2.20. The molecule has 0 unspecified atom stereocenters. The molecule has 0 amide bonds. The van der Waals surface area contributed by atoms with Crippen LogP contribution in [0.3, 0.4) is 0 Å². The predicted octanol–water partition coefficient (Wildman–Crippen LogP) is 2.65. The Morgan fingerprint density at radius 3 is 2.82 bits per heavy atom. The molecule has 0 aromatic heterocycles. The molecule has 1 saturated heterocycles. The molecule has 1 aliphatic rings. The topological polar surface area (TPSA) is 12.5 Å². The molecule has 2 heteroatoms. The fourth-order valence-electron chi connectivity index (χ4n) is 2.48. The van der Waals surface area contributed by atoms with Crippen molar-refractivity contribution in [1.82, 2.24) is 4.90 Å². The second-order valence-electron chi connectivity index (χ2n) is 5.32. The van der Waals surface area contributed by atoms with Gasteiger partial charge in [-0.1, -0.05) is 29.8 Å². The number of hydrogen-bond acceptors (Lipinski definition) is 2. The Balaban J connectivity index is 2.04. The highest BCUT2D eigenvalue weighted by Crippen LogP contribution is 2.20. The number of benzene rings is 1. The quantitative estimate of drug-likeness (QED) is 0.778. The maximum atomic E-state index is 5.98. The Bertz CT molecular complexity index is 377. The van der Waals surface area contributed by atoms with Crippen LogP contribution in [0.1, 0.15) is 25.0 Å². The van der Waals surface area contributed by atoms with Crippen molar-refractivity contribution in [3.05, 3.63) is 35.4 Å². The molecule has 2 nitrogen and oxygen atoms in total. The van der Waals surface area contributed by atoms with Gasteiger partial charge in [0.2, 0.25) is 0 Å². The summed E-state index contributed by atoms with van der Waals surface area (Å²) in [5.74, 6) is 0. The summed E-state index contributed by atoms with van der Waals surface area (Å²) in [6.07, 6.45) is 1.33. The molecule has 3 atom stereocenters. The maximum Gasteiger partial charge on any atom is 0.0768 e. The average Bonchev–Trinajstić information content (AvgIpc) is 2.30. The van der Waals surface area contributed by atoms with E-state index in [1.807, 2.05) is 0 Å². The summed E-state index contributed by atoms with van der Waals surface area (Å²) in [5.41, 5.74) is 2.71. The van der Waals surface area contributed by atoms with Crippen LogP contribution in [-0.2, 0) is 11.2 Å². The van der Waals surface area contributed by atoms with Crippen LogP contribution in [0.2, 0.25) is 0 Å². The zero-order chi connectivity index (χ0) is 12.4. The Kier molecular flexibility index (Phi) is 3.85. The van der Waals surface area contributed by atoms with Crippen molar-refractivity contribution in [1.29, 1.82) is 0 Å². The molecule has 1 aromatic carbocycles. The first-order chi connectivity index (χ1) is 8.08. The molecule has 0 radical (unpaired) electrons. The molecule has 1 aromatic rings. The highest BCUT2D eigenvalue weighted by molar-refractivity contribution is 5.23. The van der Waals surface area contributed by atoms with Crippen molar-refractivity contribution in [2.75, 3.05) is 13.7 Å². The van der Waals surface area contributed by atoms with Crippen molar-refractivity contribution < 1.29 is 4.74 Å². The molecular formula is C15H23NO. The van der Waals surface area contributed by atoms with Gasteiger partial charge in [0.15, 0.2) is 0 Å². The number of morpholine rings is 1. The standard InChI is InChI=1S/C15H23NO/c1-11-6-5-7-14(8-11)9-15-13(3)16(4)12(2)10-17-15/h5-8,12-13,15H,9-10H2,1-4H3/t12-,13+,15-/m1/s1. The van der Waals surface area contributed by atoms with Crippen LogP contribution < -0.4 is 0 Å². The van der Waals surface area contributed by atoms with E-state index in [9.17, 15) is 0 Å². The molecule has 0 saturated carbocycles. The summed E-state index contributed by atoms with van der Waals surface area (Å²) in [6, 6.07) is 9.74. The van der Waals surface area contributed by atoms with Gasteiger partial charge in [-0.2, -0.15) is 0 Å². The van der Waals surface area contributed by atoms with Gasteiger partial charge >= 0.3 is 0 Å². The van der Waals surface area contributed by atoms with Crippen LogP contribution in [0, 0.1) is 6.92 Å². The number of aryl methyl sites for hydroxylation is 1. The van der Waals surface area contributed by atoms with Gasteiger partial charge < -0.3 is 4.74 Å². The van der Waals surface area contributed by atoms with E-state index in [0.717, 1.165) is 13.0 Å². The largest absolute Gasteiger partial charge is 0.375 e. The van der Waals surface area contributed by atoms with E-state index in [-0.39, 0.29) is 0 Å². The van der Waals surface area contributed by atoms with Crippen molar-refractivity contribution in [3.63, 3.8) is 0 Å². The summed E-state index contributed by atoms with van der Waals surface area (Å²) < 4.78 is 5.98. The van der Waals surface area contributed by atoms with E-state index in [1.165, 1.54) is 11.1 Å². The summed E-state index contributed by atoms with van der Waals surface area (Å²) in [6.45, 7) is 7.47. The lowest BCUT2D eigenvalue weighted by Gasteiger charge is -2.41. The van der Waals surface area contributed by atoms with Gasteiger partial charge in [-0.05, 0) is 33.4 Å². The fraction of sp³-hybridized carbons (Fsp3) is 0.600. The fourth-order valence-corrected chi connectivity index (χ4v) is 2.48. The minimum Gasteiger partial charge on any atom is -0.375 e. The summed E-state index contributed by atoms with van der Waals surface area (Å²) >= 11 is 0. The zero-order valence-electron chi connectivity index (χ0n) is 11.3. The van der Waals surface area contributed by atoms with E-state index < -0.39 is 0 Å². The lowest BCUT2D eigenvalue weighted by Crippen LogP contribution is -2.52. The summed E-state index contributed by atoms with van der Waals surface area (Å²) in [5, 5.41) is 0. The van der Waals surface area contributed by atoms with Crippen LogP contribution in [0.25, 0.3) is 0 Å². The van der Waals surface area contributed by atoms with Crippen LogP contribution in [0.15, 0.2) is 24.3 Å². The highest BCUT2D eigenvalue weighted by Gasteiger charge is 2.30. The normalized spacial score (nSPS) is 30.5. The van der Waals surface area contributed by atoms with E-state index in [4.69, 9.17) is 4.74 Å². The molecule has 0 bridgehead atoms. The zero-order valence-corrected chi connectivity index (χ0v) is 11.3. The van der Waals surface area contributed by atoms with Gasteiger partial charge in [0.1, 0.15) is 0 Å². The molecule has 0 N–H and O–H groups in total. The highest BCUT2D eigenvalue weighted by atomic mass is 16.5. The molecule has 1 heterocycles. The molecule has 0 spiro atoms. The number of ether oxygens (including phenoxy) is 1. The third kappa shape index (κ3) is 2.88. The number of likely N-dealkylation sites (N-methyl/N-ethyl adjacent to an activating group) is 1. The second kappa shape index (κ2) is 5.19. The Morgan fingerprint density at radius 1 is 1.35 bits per heavy atom. The molecule has 2 rings (SSSR count). The van der Waals surface area contributed by atoms with Gasteiger partial charge in [-0.15, -0.1) is 0 Å². The Labute approximate surface area is 105 Å². The third-order valence-electron chi connectivity index (χ3n) is 3.95. The molecule has 94 valence electrons. The molecule has 1 fully saturated rings. The van der Waals surface area contributed by atoms with Crippen LogP contribution in [0.5, 0.6) is 0 Å². The summed E-state index contributed by atoms with van der Waals surface area (Å²) in [4.78, 5) is 2.42. The smallest absolute Gasteiger partial charge is 0.0768 e. The number of nitrogens with zero attached hydrogens (tertiary/aromatic N) is 1. The SMILES string of the molecule is Cc1cccc(C[C@H]2OC[C@@H](C)N(C)[C@H]2C)c1. The van der Waals surface area contributed by atoms with Crippen molar-refractivity contribution in [2.45, 2.75) is 45.4 Å². The van der Waals surface area contributed by atoms with Crippen molar-refractivity contribution in [2.24, 2.45) is 0 Å². The monoisotopic (exact) mass is 233 g/mol. The number of rotatable bonds is 2. The van der Waals surface area contributed by atoms with Gasteiger partial charge in [0.25, 0.3) is 0 Å². The Morgan fingerprint density at radius 2 is 2.12 bits per heavy atom. The molecule has 17 heavy (non-hydrogen) atoms. The minimum atomic E-state index is 0.318. The van der Waals surface area contributed by atoms with E-state index in [2.05, 4.69) is 57.0 Å². The van der Waals surface area contributed by atoms with E-state index in [1.54, 1.807) is 0 Å². The minimum absolute atomic E-state index is 0.318. The first kappa shape index (κ1) is 12.6. The molecule has 0 aliphatic carbocycles. The van der Waals surface area contributed by atoms with Crippen LogP contribution >= 0.6 is 0 Å². The van der Waals surface area contributed by atoms with Crippen LogP contribution in [0.4, 0.5) is 0 Å². The van der Waals surface area contributed by atoms with Crippen molar-refractivity contribution in [3.8, 4) is 0 Å². The van der Waals surface area contributed by atoms with E-state index in [0.29, 0.717) is 18.2 Å². The lowest BCUT2D eigenvalue weighted by atomic mass is 9.98. The number of hydrogen-bond donors (Lipinski definition) is 0. The predicted molar refractivity (Wildman–Crippen MR) is 71.3 cm³/mol. The lowest BCUT2D eigenvalue weighted by molar-refractivity contribution is -0.0821. The third-order valence-corrected chi connectivity index (χ3v) is 3.95. The first-order valence-electron chi connectivity index (χ1n) is 6.47. The van der Waals surface area contributed by atoms with Gasteiger partial charge in [0.05, 0.1) is 12.7 Å². The van der Waals surface area contributed by atoms with Crippen molar-refractivity contribution >= 4 is 0 Å². The van der Waals surface area contributed by atoms with Crippen LogP contribution in [-0.4, -0.2) is 36.7 Å². The van der Waals surface area contributed by atoms with Gasteiger partial charge in [-0.3, -0.25) is 4.90 Å². The van der Waals surface area contributed by atoms with Gasteiger partial charge in [-0.25, -0.2) is 0 Å².